The van der Waals surface area contributed by atoms with Gasteiger partial charge in [-0.1, -0.05) is 50.2 Å². The Morgan fingerprint density at radius 1 is 1.06 bits per heavy atom. The summed E-state index contributed by atoms with van der Waals surface area (Å²) in [5, 5.41) is 11.3. The smallest absolute Gasteiger partial charge is 0.295 e. The lowest BCUT2D eigenvalue weighted by atomic mass is 9.94. The second kappa shape index (κ2) is 12.2. The molecule has 2 saturated heterocycles. The Morgan fingerprint density at radius 3 is 2.50 bits per heavy atom. The van der Waals surface area contributed by atoms with Crippen molar-refractivity contribution in [2.24, 2.45) is 0 Å². The maximum Gasteiger partial charge on any atom is 0.295 e. The molecule has 2 aromatic carbocycles. The summed E-state index contributed by atoms with van der Waals surface area (Å²) < 4.78 is 11.1. The molecule has 1 N–H and O–H groups in total. The van der Waals surface area contributed by atoms with Crippen molar-refractivity contribution in [1.29, 1.82) is 0 Å². The summed E-state index contributed by atoms with van der Waals surface area (Å²) in [5.41, 5.74) is 2.58. The van der Waals surface area contributed by atoms with E-state index in [0.29, 0.717) is 24.5 Å². The van der Waals surface area contributed by atoms with Gasteiger partial charge in [0.25, 0.3) is 11.7 Å². The summed E-state index contributed by atoms with van der Waals surface area (Å²) >= 11 is 0. The number of likely N-dealkylation sites (tertiary alicyclic amines) is 1. The maximum absolute atomic E-state index is 13.3. The van der Waals surface area contributed by atoms with Gasteiger partial charge in [-0.3, -0.25) is 14.5 Å². The highest BCUT2D eigenvalue weighted by Gasteiger charge is 2.45. The number of aliphatic hydroxyl groups excluding tert-OH is 1. The van der Waals surface area contributed by atoms with E-state index in [1.165, 1.54) is 5.56 Å². The summed E-state index contributed by atoms with van der Waals surface area (Å²) in [5.74, 6) is -0.773. The van der Waals surface area contributed by atoms with Gasteiger partial charge in [-0.2, -0.15) is 0 Å². The molecule has 2 aliphatic heterocycles. The van der Waals surface area contributed by atoms with E-state index in [4.69, 9.17) is 9.47 Å². The minimum atomic E-state index is -0.650. The quantitative estimate of drug-likeness (QED) is 0.305. The van der Waals surface area contributed by atoms with Gasteiger partial charge >= 0.3 is 0 Å². The van der Waals surface area contributed by atoms with E-state index < -0.39 is 17.7 Å². The lowest BCUT2D eigenvalue weighted by Crippen LogP contribution is -2.38. The van der Waals surface area contributed by atoms with Gasteiger partial charge < -0.3 is 19.5 Å². The molecule has 2 aromatic rings. The van der Waals surface area contributed by atoms with Crippen molar-refractivity contribution in [2.75, 3.05) is 46.0 Å². The van der Waals surface area contributed by atoms with E-state index in [1.54, 1.807) is 23.1 Å². The average molecular weight is 493 g/mol. The molecule has 36 heavy (non-hydrogen) atoms. The summed E-state index contributed by atoms with van der Waals surface area (Å²) in [6, 6.07) is 14.4. The third-order valence-electron chi connectivity index (χ3n) is 6.80. The van der Waals surface area contributed by atoms with Gasteiger partial charge in [0.2, 0.25) is 0 Å². The molecule has 0 spiro atoms. The molecule has 1 amide bonds. The van der Waals surface area contributed by atoms with Crippen LogP contribution in [0.3, 0.4) is 0 Å². The molecule has 4 rings (SSSR count). The lowest BCUT2D eigenvalue weighted by Gasteiger charge is -2.29. The first-order valence-corrected chi connectivity index (χ1v) is 12.9. The number of nitrogens with zero attached hydrogens (tertiary/aromatic N) is 2. The van der Waals surface area contributed by atoms with Gasteiger partial charge in [-0.15, -0.1) is 0 Å². The van der Waals surface area contributed by atoms with Crippen LogP contribution in [0.1, 0.15) is 49.4 Å². The van der Waals surface area contributed by atoms with E-state index in [9.17, 15) is 14.7 Å². The molecule has 0 aliphatic carbocycles. The molecule has 2 fully saturated rings. The molecule has 0 bridgehead atoms. The van der Waals surface area contributed by atoms with Gasteiger partial charge in [-0.05, 0) is 42.5 Å². The molecular formula is C29H36N2O5. The Hall–Kier alpha value is -3.16. The van der Waals surface area contributed by atoms with Crippen LogP contribution in [0, 0.1) is 0 Å². The molecule has 1 unspecified atom stereocenters. The number of amides is 1. The van der Waals surface area contributed by atoms with Crippen LogP contribution < -0.4 is 4.74 Å². The highest BCUT2D eigenvalue weighted by molar-refractivity contribution is 6.46. The Morgan fingerprint density at radius 2 is 1.81 bits per heavy atom. The topological polar surface area (TPSA) is 79.3 Å². The molecule has 192 valence electrons. The predicted molar refractivity (Wildman–Crippen MR) is 139 cm³/mol. The molecule has 7 nitrogen and oxygen atoms in total. The third kappa shape index (κ3) is 5.79. The third-order valence-corrected chi connectivity index (χ3v) is 6.80. The van der Waals surface area contributed by atoms with Gasteiger partial charge in [0, 0.05) is 31.7 Å². The predicted octanol–water partition coefficient (Wildman–Crippen LogP) is 4.18. The number of hydrogen-bond donors (Lipinski definition) is 1. The largest absolute Gasteiger partial charge is 0.507 e. The number of ether oxygens (including phenoxy) is 2. The van der Waals surface area contributed by atoms with Gasteiger partial charge in [-0.25, -0.2) is 0 Å². The average Bonchev–Trinajstić information content (AvgIpc) is 3.17. The second-order valence-electron chi connectivity index (χ2n) is 9.27. The van der Waals surface area contributed by atoms with Crippen molar-refractivity contribution in [3.05, 3.63) is 70.8 Å². The normalized spacial score (nSPS) is 20.2. The minimum Gasteiger partial charge on any atom is -0.507 e. The second-order valence-corrected chi connectivity index (χ2v) is 9.27. The van der Waals surface area contributed by atoms with Gasteiger partial charge in [0.15, 0.2) is 0 Å². The number of hydrogen-bond acceptors (Lipinski definition) is 6. The van der Waals surface area contributed by atoms with E-state index in [2.05, 4.69) is 11.8 Å². The summed E-state index contributed by atoms with van der Waals surface area (Å²) in [6.07, 6.45) is 2.49. The lowest BCUT2D eigenvalue weighted by molar-refractivity contribution is -0.140. The summed E-state index contributed by atoms with van der Waals surface area (Å²) in [4.78, 5) is 30.4. The van der Waals surface area contributed by atoms with Crippen LogP contribution in [0.2, 0.25) is 0 Å². The molecule has 0 aromatic heterocycles. The Labute approximate surface area is 213 Å². The Balaban J connectivity index is 1.66. The van der Waals surface area contributed by atoms with Crippen molar-refractivity contribution >= 4 is 17.4 Å². The van der Waals surface area contributed by atoms with Crippen molar-refractivity contribution < 1.29 is 24.2 Å². The fourth-order valence-electron chi connectivity index (χ4n) is 4.79. The van der Waals surface area contributed by atoms with Gasteiger partial charge in [0.05, 0.1) is 31.4 Å². The first-order valence-electron chi connectivity index (χ1n) is 12.9. The number of ketones is 1. The highest BCUT2D eigenvalue weighted by Crippen LogP contribution is 2.40. The van der Waals surface area contributed by atoms with Crippen LogP contribution in [-0.2, 0) is 20.7 Å². The molecule has 0 radical (unpaired) electrons. The zero-order valence-corrected chi connectivity index (χ0v) is 21.2. The number of benzene rings is 2. The van der Waals surface area contributed by atoms with Crippen LogP contribution in [0.25, 0.3) is 5.76 Å². The number of carbonyl (C=O) groups is 2. The number of aryl methyl sites for hydroxylation is 1. The maximum atomic E-state index is 13.3. The minimum absolute atomic E-state index is 0.128. The van der Waals surface area contributed by atoms with Crippen LogP contribution in [0.15, 0.2) is 54.1 Å². The number of Topliss-reactive ketones (excluding diaryl/α,β-unsaturated/α-hetero) is 1. The van der Waals surface area contributed by atoms with Crippen LogP contribution in [0.5, 0.6) is 5.75 Å². The van der Waals surface area contributed by atoms with Crippen molar-refractivity contribution in [3.8, 4) is 5.75 Å². The standard InChI is InChI=1S/C29H36N2O5/c1-3-17-36-24-8-5-7-23(20-24)27(32)25-26(22-11-9-21(4-2)10-12-22)31(29(34)28(25)33)14-6-13-30-15-18-35-19-16-30/h5,7-12,20,26,32H,3-4,6,13-19H2,1-2H3/b27-25+. The van der Waals surface area contributed by atoms with E-state index in [-0.39, 0.29) is 11.3 Å². The number of morpholine rings is 1. The molecule has 1 atom stereocenters. The Kier molecular flexibility index (Phi) is 8.78. The fraction of sp³-hybridized carbons (Fsp3) is 0.448. The SMILES string of the molecule is CCCOc1cccc(/C(O)=C2\C(=O)C(=O)N(CCCN3CCOCC3)C2c2ccc(CC)cc2)c1. The van der Waals surface area contributed by atoms with Crippen LogP contribution in [-0.4, -0.2) is 72.6 Å². The van der Waals surface area contributed by atoms with E-state index in [0.717, 1.165) is 57.7 Å². The molecule has 0 saturated carbocycles. The Bertz CT molecular complexity index is 1090. The molecular weight excluding hydrogens is 456 g/mol. The van der Waals surface area contributed by atoms with Crippen molar-refractivity contribution in [2.45, 2.75) is 39.2 Å². The van der Waals surface area contributed by atoms with Crippen molar-refractivity contribution in [1.82, 2.24) is 9.80 Å². The number of rotatable bonds is 10. The molecule has 7 heteroatoms. The monoisotopic (exact) mass is 492 g/mol. The van der Waals surface area contributed by atoms with Crippen molar-refractivity contribution in [3.63, 3.8) is 0 Å². The van der Waals surface area contributed by atoms with Gasteiger partial charge in [0.1, 0.15) is 11.5 Å². The number of carbonyl (C=O) groups excluding carboxylic acids is 2. The highest BCUT2D eigenvalue weighted by atomic mass is 16.5. The van der Waals surface area contributed by atoms with E-state index >= 15 is 0 Å². The zero-order chi connectivity index (χ0) is 25.5. The summed E-state index contributed by atoms with van der Waals surface area (Å²) in [6.45, 7) is 9.10. The first-order chi connectivity index (χ1) is 17.5. The molecule has 2 heterocycles. The van der Waals surface area contributed by atoms with Crippen LogP contribution >= 0.6 is 0 Å². The summed E-state index contributed by atoms with van der Waals surface area (Å²) in [7, 11) is 0. The molecule has 2 aliphatic rings. The fourth-order valence-corrected chi connectivity index (χ4v) is 4.79. The van der Waals surface area contributed by atoms with E-state index in [1.807, 2.05) is 37.3 Å². The first kappa shape index (κ1) is 25.9. The zero-order valence-electron chi connectivity index (χ0n) is 21.2. The van der Waals surface area contributed by atoms with Crippen LogP contribution in [0.4, 0.5) is 0 Å². The number of aliphatic hydroxyl groups is 1.